The SMILES string of the molecule is COCCOCCN(C(=O)O)c1ccc(-c2nc([C@@H]3CC(c4cc(Cl)ccc4-n4cnnn4)c4cccc(=O)n43)[nH]c2Cl)cn1. The Balaban J connectivity index is 1.29. The number of fused-ring (bicyclic) bond motifs is 1. The highest BCUT2D eigenvalue weighted by Gasteiger charge is 2.37. The fourth-order valence-corrected chi connectivity index (χ4v) is 5.93. The summed E-state index contributed by atoms with van der Waals surface area (Å²) in [7, 11) is 1.56. The van der Waals surface area contributed by atoms with Crippen LogP contribution in [0.15, 0.2) is 65.8 Å². The average molecular weight is 652 g/mol. The molecule has 0 radical (unpaired) electrons. The highest BCUT2D eigenvalue weighted by atomic mass is 35.5. The van der Waals surface area contributed by atoms with E-state index < -0.39 is 12.1 Å². The summed E-state index contributed by atoms with van der Waals surface area (Å²) in [5.74, 6) is 0.477. The predicted molar refractivity (Wildman–Crippen MR) is 164 cm³/mol. The van der Waals surface area contributed by atoms with E-state index in [4.69, 9.17) is 37.7 Å². The summed E-state index contributed by atoms with van der Waals surface area (Å²) in [6.45, 7) is 1.05. The van der Waals surface area contributed by atoms with Gasteiger partial charge >= 0.3 is 6.09 Å². The number of amides is 1. The standard InChI is InChI=1S/C29H27Cl2N9O5/c1-44-11-12-45-10-9-38(29(42)43)24-8-5-17(15-32-24)26-27(31)35-28(34-26)23-14-20(22-3-2-4-25(41)40(22)23)19-13-18(30)6-7-21(19)39-16-33-36-37-39/h2-8,13,15-16,20,23H,9-12,14H2,1H3,(H,34,35)(H,42,43)/t20?,23-/m0/s1. The second-order valence-electron chi connectivity index (χ2n) is 10.1. The molecule has 0 spiro atoms. The molecular weight excluding hydrogens is 625 g/mol. The normalized spacial score (nSPS) is 15.7. The maximum Gasteiger partial charge on any atom is 0.413 e. The van der Waals surface area contributed by atoms with Crippen LogP contribution < -0.4 is 10.5 Å². The van der Waals surface area contributed by atoms with Crippen LogP contribution in [0.5, 0.6) is 0 Å². The fourth-order valence-electron chi connectivity index (χ4n) is 5.50. The molecule has 0 fully saturated rings. The van der Waals surface area contributed by atoms with E-state index in [9.17, 15) is 14.7 Å². The van der Waals surface area contributed by atoms with Gasteiger partial charge in [-0.1, -0.05) is 29.3 Å². The molecule has 1 unspecified atom stereocenters. The second-order valence-corrected chi connectivity index (χ2v) is 11.0. The molecule has 2 N–H and O–H groups in total. The van der Waals surface area contributed by atoms with Gasteiger partial charge in [0.25, 0.3) is 5.56 Å². The number of aromatic nitrogens is 8. The van der Waals surface area contributed by atoms with Crippen LogP contribution in [0, 0.1) is 0 Å². The topological polar surface area (TPSA) is 166 Å². The van der Waals surface area contributed by atoms with Gasteiger partial charge in [0.15, 0.2) is 0 Å². The Kier molecular flexibility index (Phi) is 8.89. The van der Waals surface area contributed by atoms with Crippen molar-refractivity contribution in [2.45, 2.75) is 18.4 Å². The molecule has 16 heteroatoms. The largest absolute Gasteiger partial charge is 0.465 e. The number of methoxy groups -OCH3 is 1. The molecule has 2 atom stereocenters. The van der Waals surface area contributed by atoms with E-state index in [1.54, 1.807) is 40.6 Å². The van der Waals surface area contributed by atoms with Gasteiger partial charge in [-0.25, -0.2) is 19.4 Å². The number of imidazole rings is 1. The Labute approximate surface area is 266 Å². The molecule has 1 aliphatic rings. The lowest BCUT2D eigenvalue weighted by molar-refractivity contribution is 0.0738. The molecule has 5 heterocycles. The van der Waals surface area contributed by atoms with Gasteiger partial charge in [0.1, 0.15) is 28.8 Å². The first kappa shape index (κ1) is 30.4. The zero-order valence-corrected chi connectivity index (χ0v) is 25.4. The number of carboxylic acid groups (broad SMARTS) is 1. The van der Waals surface area contributed by atoms with E-state index in [-0.39, 0.29) is 35.6 Å². The van der Waals surface area contributed by atoms with Crippen LogP contribution in [0.2, 0.25) is 10.2 Å². The Morgan fingerprint density at radius 2 is 2.02 bits per heavy atom. The van der Waals surface area contributed by atoms with Crippen molar-refractivity contribution in [2.75, 3.05) is 38.4 Å². The van der Waals surface area contributed by atoms with Crippen molar-refractivity contribution in [3.8, 4) is 16.9 Å². The van der Waals surface area contributed by atoms with Crippen molar-refractivity contribution in [1.29, 1.82) is 0 Å². The van der Waals surface area contributed by atoms with Gasteiger partial charge < -0.3 is 24.1 Å². The lowest BCUT2D eigenvalue weighted by atomic mass is 9.91. The van der Waals surface area contributed by atoms with Crippen LogP contribution in [-0.2, 0) is 9.47 Å². The van der Waals surface area contributed by atoms with Crippen molar-refractivity contribution < 1.29 is 19.4 Å². The number of H-pyrrole nitrogens is 1. The molecule has 232 valence electrons. The predicted octanol–water partition coefficient (Wildman–Crippen LogP) is 4.19. The number of nitrogens with zero attached hydrogens (tertiary/aromatic N) is 8. The van der Waals surface area contributed by atoms with Crippen molar-refractivity contribution in [3.05, 3.63) is 98.7 Å². The Morgan fingerprint density at radius 1 is 1.16 bits per heavy atom. The van der Waals surface area contributed by atoms with Gasteiger partial charge in [0.2, 0.25) is 0 Å². The minimum absolute atomic E-state index is 0.0947. The van der Waals surface area contributed by atoms with Crippen molar-refractivity contribution >= 4 is 35.1 Å². The lowest BCUT2D eigenvalue weighted by Crippen LogP contribution is -2.33. The van der Waals surface area contributed by atoms with E-state index >= 15 is 0 Å². The summed E-state index contributed by atoms with van der Waals surface area (Å²) in [5.41, 5.74) is 3.16. The van der Waals surface area contributed by atoms with Crippen LogP contribution in [0.3, 0.4) is 0 Å². The molecule has 0 bridgehead atoms. The number of carbonyl (C=O) groups is 1. The van der Waals surface area contributed by atoms with Crippen LogP contribution >= 0.6 is 23.2 Å². The van der Waals surface area contributed by atoms with Crippen molar-refractivity contribution in [3.63, 3.8) is 0 Å². The Bertz CT molecular complexity index is 1860. The number of pyridine rings is 2. The highest BCUT2D eigenvalue weighted by Crippen LogP contribution is 2.44. The van der Waals surface area contributed by atoms with E-state index in [0.717, 1.165) is 21.8 Å². The van der Waals surface area contributed by atoms with Gasteiger partial charge in [-0.05, 0) is 58.8 Å². The molecule has 45 heavy (non-hydrogen) atoms. The molecule has 1 aliphatic heterocycles. The third kappa shape index (κ3) is 6.17. The quantitative estimate of drug-likeness (QED) is 0.198. The summed E-state index contributed by atoms with van der Waals surface area (Å²) in [5, 5.41) is 22.1. The second kappa shape index (κ2) is 13.2. The minimum atomic E-state index is -1.16. The smallest absolute Gasteiger partial charge is 0.413 e. The third-order valence-electron chi connectivity index (χ3n) is 7.52. The molecule has 6 rings (SSSR count). The number of hydrogen-bond donors (Lipinski definition) is 2. The summed E-state index contributed by atoms with van der Waals surface area (Å²) < 4.78 is 13.6. The van der Waals surface area contributed by atoms with Gasteiger partial charge in [0.05, 0.1) is 38.1 Å². The lowest BCUT2D eigenvalue weighted by Gasteiger charge is -2.18. The van der Waals surface area contributed by atoms with Crippen molar-refractivity contribution in [2.24, 2.45) is 0 Å². The van der Waals surface area contributed by atoms with Crippen LogP contribution in [0.4, 0.5) is 10.6 Å². The first-order valence-corrected chi connectivity index (χ1v) is 14.6. The van der Waals surface area contributed by atoms with Crippen LogP contribution in [0.1, 0.15) is 35.5 Å². The third-order valence-corrected chi connectivity index (χ3v) is 8.03. The zero-order chi connectivity index (χ0) is 31.5. The van der Waals surface area contributed by atoms with E-state index in [0.29, 0.717) is 41.7 Å². The molecule has 1 aromatic carbocycles. The Morgan fingerprint density at radius 3 is 2.76 bits per heavy atom. The van der Waals surface area contributed by atoms with Gasteiger partial charge in [-0.3, -0.25) is 9.69 Å². The number of rotatable bonds is 11. The molecule has 0 saturated carbocycles. The minimum Gasteiger partial charge on any atom is -0.465 e. The van der Waals surface area contributed by atoms with Crippen LogP contribution in [-0.4, -0.2) is 84.4 Å². The maximum absolute atomic E-state index is 13.2. The average Bonchev–Trinajstić information content (AvgIpc) is 3.79. The number of benzene rings is 1. The van der Waals surface area contributed by atoms with Crippen molar-refractivity contribution in [1.82, 2.24) is 39.7 Å². The summed E-state index contributed by atoms with van der Waals surface area (Å²) in [4.78, 5) is 38.5. The van der Waals surface area contributed by atoms with E-state index in [1.165, 1.54) is 18.6 Å². The van der Waals surface area contributed by atoms with Crippen LogP contribution in [0.25, 0.3) is 16.9 Å². The molecule has 4 aromatic heterocycles. The monoisotopic (exact) mass is 651 g/mol. The molecule has 14 nitrogen and oxygen atoms in total. The van der Waals surface area contributed by atoms with Gasteiger partial charge in [-0.2, -0.15) is 0 Å². The number of tetrazole rings is 1. The number of nitrogens with one attached hydrogen (secondary N) is 1. The molecular formula is C29H27Cl2N9O5. The molecule has 0 saturated heterocycles. The molecule has 5 aromatic rings. The maximum atomic E-state index is 13.2. The first-order chi connectivity index (χ1) is 21.9. The first-order valence-electron chi connectivity index (χ1n) is 13.9. The fraction of sp³-hybridized carbons (Fsp3) is 0.276. The number of ether oxygens (including phenoxy) is 2. The number of halogens is 2. The number of anilines is 1. The highest BCUT2D eigenvalue weighted by molar-refractivity contribution is 6.32. The summed E-state index contributed by atoms with van der Waals surface area (Å²) in [6, 6.07) is 13.4. The summed E-state index contributed by atoms with van der Waals surface area (Å²) >= 11 is 13.1. The van der Waals surface area contributed by atoms with Gasteiger partial charge in [0, 0.05) is 41.6 Å². The molecule has 0 aliphatic carbocycles. The van der Waals surface area contributed by atoms with E-state index in [1.807, 2.05) is 18.2 Å². The van der Waals surface area contributed by atoms with E-state index in [2.05, 4.69) is 25.5 Å². The molecule has 1 amide bonds. The number of aromatic amines is 1. The number of hydrogen-bond acceptors (Lipinski definition) is 9. The zero-order valence-electron chi connectivity index (χ0n) is 23.9. The summed E-state index contributed by atoms with van der Waals surface area (Å²) in [6.07, 6.45) is 2.33. The Hall–Kier alpha value is -4.63. The van der Waals surface area contributed by atoms with Gasteiger partial charge in [-0.15, -0.1) is 5.10 Å².